The van der Waals surface area contributed by atoms with Gasteiger partial charge >= 0.3 is 0 Å². The number of rotatable bonds is 3. The molecule has 1 aliphatic rings. The Balaban J connectivity index is 1.70. The number of ether oxygens (including phenoxy) is 1. The Morgan fingerprint density at radius 1 is 0.826 bits per heavy atom. The van der Waals surface area contributed by atoms with Gasteiger partial charge in [-0.05, 0) is 28.5 Å². The summed E-state index contributed by atoms with van der Waals surface area (Å²) in [4.78, 5) is 0.315. The predicted octanol–water partition coefficient (Wildman–Crippen LogP) is 3.75. The van der Waals surface area contributed by atoms with Crippen LogP contribution in [0.25, 0.3) is 10.8 Å². The summed E-state index contributed by atoms with van der Waals surface area (Å²) >= 11 is 0. The minimum absolute atomic E-state index is 0.121. The van der Waals surface area contributed by atoms with Crippen LogP contribution in [-0.4, -0.2) is 20.5 Å². The van der Waals surface area contributed by atoms with Crippen LogP contribution in [0.5, 0.6) is 0 Å². The lowest BCUT2D eigenvalue weighted by Gasteiger charge is -2.36. The zero-order valence-electron chi connectivity index (χ0n) is 12.4. The van der Waals surface area contributed by atoms with Crippen molar-refractivity contribution in [3.63, 3.8) is 0 Å². The fraction of sp³-hybridized carbons (Fsp3) is 0.158. The molecule has 3 aromatic carbocycles. The van der Waals surface area contributed by atoms with E-state index in [1.807, 2.05) is 36.4 Å². The summed E-state index contributed by atoms with van der Waals surface area (Å²) < 4.78 is 30.9. The van der Waals surface area contributed by atoms with E-state index in [9.17, 15) is 8.42 Å². The van der Waals surface area contributed by atoms with Crippen molar-refractivity contribution in [3.05, 3.63) is 78.4 Å². The molecule has 3 aromatic rings. The molecule has 0 radical (unpaired) electrons. The van der Waals surface area contributed by atoms with Crippen LogP contribution >= 0.6 is 0 Å². The SMILES string of the molecule is O=S(=O)(c1ccccc1)[C@H]1OC[C@H]1c1ccc2ccccc2c1. The molecular weight excluding hydrogens is 308 g/mol. The second-order valence-corrected chi connectivity index (χ2v) is 7.80. The average Bonchev–Trinajstić information content (AvgIpc) is 2.54. The molecule has 1 fully saturated rings. The smallest absolute Gasteiger partial charge is 0.205 e. The van der Waals surface area contributed by atoms with Gasteiger partial charge in [0.1, 0.15) is 0 Å². The normalized spacial score (nSPS) is 21.0. The van der Waals surface area contributed by atoms with Crippen molar-refractivity contribution in [3.8, 4) is 0 Å². The molecule has 0 aliphatic carbocycles. The summed E-state index contributed by atoms with van der Waals surface area (Å²) in [6.45, 7) is 0.440. The van der Waals surface area contributed by atoms with Crippen molar-refractivity contribution in [1.29, 1.82) is 0 Å². The maximum atomic E-state index is 12.7. The minimum Gasteiger partial charge on any atom is -0.360 e. The van der Waals surface area contributed by atoms with E-state index < -0.39 is 15.3 Å². The molecule has 0 aromatic heterocycles. The third-order valence-electron chi connectivity index (χ3n) is 4.35. The van der Waals surface area contributed by atoms with Gasteiger partial charge in [-0.3, -0.25) is 0 Å². The van der Waals surface area contributed by atoms with Gasteiger partial charge in [0.05, 0.1) is 11.5 Å². The monoisotopic (exact) mass is 324 g/mol. The fourth-order valence-corrected chi connectivity index (χ4v) is 4.74. The highest BCUT2D eigenvalue weighted by Crippen LogP contribution is 2.38. The van der Waals surface area contributed by atoms with Gasteiger partial charge in [-0.15, -0.1) is 0 Å². The Kier molecular flexibility index (Phi) is 3.43. The van der Waals surface area contributed by atoms with Crippen LogP contribution < -0.4 is 0 Å². The Morgan fingerprint density at radius 2 is 1.52 bits per heavy atom. The minimum atomic E-state index is -3.48. The predicted molar refractivity (Wildman–Crippen MR) is 90.1 cm³/mol. The van der Waals surface area contributed by atoms with Crippen molar-refractivity contribution in [2.75, 3.05) is 6.61 Å². The van der Waals surface area contributed by atoms with Crippen LogP contribution in [0.2, 0.25) is 0 Å². The molecule has 116 valence electrons. The van der Waals surface area contributed by atoms with E-state index in [-0.39, 0.29) is 5.92 Å². The Morgan fingerprint density at radius 3 is 2.22 bits per heavy atom. The first-order chi connectivity index (χ1) is 11.2. The highest BCUT2D eigenvalue weighted by molar-refractivity contribution is 7.92. The van der Waals surface area contributed by atoms with E-state index in [0.29, 0.717) is 11.5 Å². The molecule has 1 heterocycles. The lowest BCUT2D eigenvalue weighted by atomic mass is 9.95. The van der Waals surface area contributed by atoms with Gasteiger partial charge in [-0.2, -0.15) is 0 Å². The molecule has 0 amide bonds. The molecule has 0 unspecified atom stereocenters. The maximum absolute atomic E-state index is 12.7. The van der Waals surface area contributed by atoms with Gasteiger partial charge < -0.3 is 4.74 Å². The summed E-state index contributed by atoms with van der Waals surface area (Å²) in [7, 11) is -3.48. The Bertz CT molecular complexity index is 949. The van der Waals surface area contributed by atoms with Gasteiger partial charge in [0.2, 0.25) is 9.84 Å². The van der Waals surface area contributed by atoms with E-state index in [4.69, 9.17) is 4.74 Å². The van der Waals surface area contributed by atoms with Crippen molar-refractivity contribution >= 4 is 20.6 Å². The molecule has 1 aliphatic heterocycles. The maximum Gasteiger partial charge on any atom is 0.205 e. The molecule has 3 nitrogen and oxygen atoms in total. The third-order valence-corrected chi connectivity index (χ3v) is 6.35. The van der Waals surface area contributed by atoms with Crippen molar-refractivity contribution < 1.29 is 13.2 Å². The lowest BCUT2D eigenvalue weighted by Crippen LogP contribution is -2.43. The molecule has 4 rings (SSSR count). The van der Waals surface area contributed by atoms with E-state index in [0.717, 1.165) is 16.3 Å². The van der Waals surface area contributed by atoms with E-state index >= 15 is 0 Å². The zero-order chi connectivity index (χ0) is 15.9. The number of sulfone groups is 1. The average molecular weight is 324 g/mol. The van der Waals surface area contributed by atoms with Gasteiger partial charge in [0.25, 0.3) is 0 Å². The van der Waals surface area contributed by atoms with Crippen LogP contribution in [0.1, 0.15) is 11.5 Å². The summed E-state index contributed by atoms with van der Waals surface area (Å²) in [6, 6.07) is 22.7. The quantitative estimate of drug-likeness (QED) is 0.737. The molecule has 0 N–H and O–H groups in total. The molecule has 1 saturated heterocycles. The van der Waals surface area contributed by atoms with Gasteiger partial charge in [0, 0.05) is 5.92 Å². The summed E-state index contributed by atoms with van der Waals surface area (Å²) in [6.07, 6.45) is 0. The number of benzene rings is 3. The third kappa shape index (κ3) is 2.44. The first-order valence-corrected chi connectivity index (χ1v) is 9.10. The number of fused-ring (bicyclic) bond motifs is 1. The summed E-state index contributed by atoms with van der Waals surface area (Å²) in [5, 5.41) is 2.27. The first-order valence-electron chi connectivity index (χ1n) is 7.55. The Hall–Kier alpha value is -2.17. The molecule has 2 atom stereocenters. The van der Waals surface area contributed by atoms with Crippen LogP contribution in [-0.2, 0) is 14.6 Å². The molecule has 23 heavy (non-hydrogen) atoms. The van der Waals surface area contributed by atoms with E-state index in [2.05, 4.69) is 12.1 Å². The number of hydrogen-bond donors (Lipinski definition) is 0. The highest BCUT2D eigenvalue weighted by atomic mass is 32.2. The summed E-state index contributed by atoms with van der Waals surface area (Å²) in [5.74, 6) is -0.121. The van der Waals surface area contributed by atoms with Gasteiger partial charge in [-0.1, -0.05) is 60.7 Å². The van der Waals surface area contributed by atoms with E-state index in [1.54, 1.807) is 24.3 Å². The van der Waals surface area contributed by atoms with E-state index in [1.165, 1.54) is 0 Å². The second-order valence-electron chi connectivity index (χ2n) is 5.77. The molecule has 0 spiro atoms. The van der Waals surface area contributed by atoms with Crippen LogP contribution in [0.15, 0.2) is 77.7 Å². The molecular formula is C19H16O3S. The van der Waals surface area contributed by atoms with Crippen molar-refractivity contribution in [2.45, 2.75) is 16.2 Å². The standard InChI is InChI=1S/C19H16O3S/c20-23(21,17-8-2-1-3-9-17)19-18(13-22-19)16-11-10-14-6-4-5-7-15(14)12-16/h1-12,18-19H,13H2/t18-,19+/m0/s1. The largest absolute Gasteiger partial charge is 0.360 e. The fourth-order valence-electron chi connectivity index (χ4n) is 3.01. The highest BCUT2D eigenvalue weighted by Gasteiger charge is 2.43. The number of hydrogen-bond acceptors (Lipinski definition) is 3. The topological polar surface area (TPSA) is 43.4 Å². The van der Waals surface area contributed by atoms with Crippen molar-refractivity contribution in [1.82, 2.24) is 0 Å². The first kappa shape index (κ1) is 14.4. The van der Waals surface area contributed by atoms with Crippen molar-refractivity contribution in [2.24, 2.45) is 0 Å². The zero-order valence-corrected chi connectivity index (χ0v) is 13.2. The molecule has 4 heteroatoms. The van der Waals surface area contributed by atoms with Gasteiger partial charge in [-0.25, -0.2) is 8.42 Å². The summed E-state index contributed by atoms with van der Waals surface area (Å²) in [5.41, 5.74) is 0.213. The van der Waals surface area contributed by atoms with Crippen LogP contribution in [0.3, 0.4) is 0 Å². The molecule has 0 saturated carbocycles. The van der Waals surface area contributed by atoms with Crippen LogP contribution in [0, 0.1) is 0 Å². The Labute approximate surface area is 135 Å². The van der Waals surface area contributed by atoms with Gasteiger partial charge in [0.15, 0.2) is 5.44 Å². The van der Waals surface area contributed by atoms with Crippen LogP contribution in [0.4, 0.5) is 0 Å². The lowest BCUT2D eigenvalue weighted by molar-refractivity contribution is -0.0244. The molecule has 0 bridgehead atoms. The second kappa shape index (κ2) is 5.48.